The summed E-state index contributed by atoms with van der Waals surface area (Å²) >= 11 is 1.45. The van der Waals surface area contributed by atoms with Crippen molar-refractivity contribution in [3.05, 3.63) is 59.6 Å². The van der Waals surface area contributed by atoms with E-state index in [2.05, 4.69) is 33.1 Å². The number of anilines is 1. The highest BCUT2D eigenvalue weighted by atomic mass is 32.1. The number of rotatable bonds is 3. The van der Waals surface area contributed by atoms with E-state index in [0.29, 0.717) is 22.9 Å². The lowest BCUT2D eigenvalue weighted by Gasteiger charge is -2.04. The Labute approximate surface area is 159 Å². The Balaban J connectivity index is 1.41. The Morgan fingerprint density at radius 1 is 1.15 bits per heavy atom. The first-order valence-corrected chi connectivity index (χ1v) is 9.28. The Morgan fingerprint density at radius 3 is 2.89 bits per heavy atom. The Kier molecular flexibility index (Phi) is 3.61. The van der Waals surface area contributed by atoms with Crippen LogP contribution in [0.25, 0.3) is 21.6 Å². The van der Waals surface area contributed by atoms with Crippen molar-refractivity contribution >= 4 is 33.8 Å². The molecule has 0 atom stereocenters. The van der Waals surface area contributed by atoms with Crippen molar-refractivity contribution in [2.75, 3.05) is 12.1 Å². The molecule has 0 aliphatic carbocycles. The summed E-state index contributed by atoms with van der Waals surface area (Å²) in [5.74, 6) is 1.05. The molecular formula is C20H15N3O3S. The normalized spacial score (nSPS) is 12.5. The molecule has 7 heteroatoms. The SMILES string of the molecule is Cn1c(-c2nc(C(=O)Nc3ccc4c(c3)OCO4)cs2)cc2ccccc21. The Bertz CT molecular complexity index is 1180. The Hall–Kier alpha value is -3.32. The number of carbonyl (C=O) groups is 1. The smallest absolute Gasteiger partial charge is 0.275 e. The zero-order valence-electron chi connectivity index (χ0n) is 14.4. The van der Waals surface area contributed by atoms with E-state index in [1.807, 2.05) is 19.2 Å². The predicted octanol–water partition coefficient (Wildman–Crippen LogP) is 4.28. The molecule has 6 nitrogen and oxygen atoms in total. The van der Waals surface area contributed by atoms with Crippen molar-refractivity contribution in [1.82, 2.24) is 9.55 Å². The van der Waals surface area contributed by atoms with Gasteiger partial charge < -0.3 is 19.4 Å². The van der Waals surface area contributed by atoms with Crippen molar-refractivity contribution in [2.45, 2.75) is 0 Å². The van der Waals surface area contributed by atoms with Gasteiger partial charge in [-0.3, -0.25) is 4.79 Å². The number of amides is 1. The summed E-state index contributed by atoms with van der Waals surface area (Å²) in [4.78, 5) is 17.1. The van der Waals surface area contributed by atoms with Gasteiger partial charge in [0.15, 0.2) is 11.5 Å². The van der Waals surface area contributed by atoms with E-state index < -0.39 is 0 Å². The molecule has 5 rings (SSSR count). The number of hydrogen-bond donors (Lipinski definition) is 1. The monoisotopic (exact) mass is 377 g/mol. The van der Waals surface area contributed by atoms with Crippen LogP contribution in [0.15, 0.2) is 53.9 Å². The highest BCUT2D eigenvalue weighted by Crippen LogP contribution is 2.34. The van der Waals surface area contributed by atoms with Crippen molar-refractivity contribution in [3.63, 3.8) is 0 Å². The number of aryl methyl sites for hydroxylation is 1. The maximum Gasteiger partial charge on any atom is 0.275 e. The van der Waals surface area contributed by atoms with Crippen LogP contribution >= 0.6 is 11.3 Å². The van der Waals surface area contributed by atoms with Crippen LogP contribution in [0.4, 0.5) is 5.69 Å². The summed E-state index contributed by atoms with van der Waals surface area (Å²) in [5, 5.41) is 6.59. The van der Waals surface area contributed by atoms with Crippen molar-refractivity contribution in [2.24, 2.45) is 7.05 Å². The third-order valence-corrected chi connectivity index (χ3v) is 5.40. The summed E-state index contributed by atoms with van der Waals surface area (Å²) in [5.41, 5.74) is 3.15. The van der Waals surface area contributed by atoms with Gasteiger partial charge in [0, 0.05) is 35.1 Å². The third kappa shape index (κ3) is 2.72. The van der Waals surface area contributed by atoms with Gasteiger partial charge in [-0.05, 0) is 24.3 Å². The molecule has 2 aromatic heterocycles. The number of aromatic nitrogens is 2. The van der Waals surface area contributed by atoms with E-state index in [1.165, 1.54) is 11.3 Å². The van der Waals surface area contributed by atoms with Crippen LogP contribution in [-0.2, 0) is 7.05 Å². The number of fused-ring (bicyclic) bond motifs is 2. The minimum absolute atomic E-state index is 0.202. The number of ether oxygens (including phenoxy) is 2. The molecule has 0 fully saturated rings. The molecule has 4 aromatic rings. The number of nitrogens with zero attached hydrogens (tertiary/aromatic N) is 2. The standard InChI is InChI=1S/C20H15N3O3S/c1-23-15-5-3-2-4-12(15)8-16(23)20-22-14(10-27-20)19(24)21-13-6-7-17-18(9-13)26-11-25-17/h2-10H,11H2,1H3,(H,21,24). The van der Waals surface area contributed by atoms with Gasteiger partial charge in [0.1, 0.15) is 10.7 Å². The second-order valence-electron chi connectivity index (χ2n) is 6.21. The van der Waals surface area contributed by atoms with Gasteiger partial charge >= 0.3 is 0 Å². The second-order valence-corrected chi connectivity index (χ2v) is 7.07. The quantitative estimate of drug-likeness (QED) is 0.579. The first-order valence-electron chi connectivity index (χ1n) is 8.40. The van der Waals surface area contributed by atoms with Gasteiger partial charge in [0.05, 0.1) is 5.69 Å². The molecule has 1 N–H and O–H groups in total. The average molecular weight is 377 g/mol. The van der Waals surface area contributed by atoms with E-state index in [0.717, 1.165) is 21.6 Å². The van der Waals surface area contributed by atoms with Crippen LogP contribution in [0.3, 0.4) is 0 Å². The Morgan fingerprint density at radius 2 is 2.00 bits per heavy atom. The summed E-state index contributed by atoms with van der Waals surface area (Å²) in [7, 11) is 2.01. The van der Waals surface area contributed by atoms with E-state index in [4.69, 9.17) is 9.47 Å². The zero-order chi connectivity index (χ0) is 18.4. The second kappa shape index (κ2) is 6.14. The molecule has 27 heavy (non-hydrogen) atoms. The third-order valence-electron chi connectivity index (χ3n) is 4.54. The number of carbonyl (C=O) groups excluding carboxylic acids is 1. The first kappa shape index (κ1) is 15.9. The number of hydrogen-bond acceptors (Lipinski definition) is 5. The molecule has 1 aliphatic heterocycles. The van der Waals surface area contributed by atoms with Crippen LogP contribution in [-0.4, -0.2) is 22.3 Å². The molecule has 0 radical (unpaired) electrons. The summed E-state index contributed by atoms with van der Waals surface area (Å²) in [6, 6.07) is 15.6. The van der Waals surface area contributed by atoms with Crippen LogP contribution < -0.4 is 14.8 Å². The lowest BCUT2D eigenvalue weighted by Crippen LogP contribution is -2.12. The highest BCUT2D eigenvalue weighted by Gasteiger charge is 2.17. The van der Waals surface area contributed by atoms with Crippen LogP contribution in [0.2, 0.25) is 0 Å². The molecule has 3 heterocycles. The lowest BCUT2D eigenvalue weighted by molar-refractivity contribution is 0.102. The van der Waals surface area contributed by atoms with Crippen molar-refractivity contribution in [1.29, 1.82) is 0 Å². The van der Waals surface area contributed by atoms with Gasteiger partial charge in [-0.1, -0.05) is 18.2 Å². The highest BCUT2D eigenvalue weighted by molar-refractivity contribution is 7.13. The molecule has 0 saturated heterocycles. The predicted molar refractivity (Wildman–Crippen MR) is 105 cm³/mol. The van der Waals surface area contributed by atoms with E-state index >= 15 is 0 Å². The van der Waals surface area contributed by atoms with Crippen molar-refractivity contribution in [3.8, 4) is 22.2 Å². The summed E-state index contributed by atoms with van der Waals surface area (Å²) in [6.07, 6.45) is 0. The maximum atomic E-state index is 12.6. The summed E-state index contributed by atoms with van der Waals surface area (Å²) < 4.78 is 12.7. The molecule has 0 unspecified atom stereocenters. The molecular weight excluding hydrogens is 362 g/mol. The average Bonchev–Trinajstić information content (AvgIpc) is 3.40. The largest absolute Gasteiger partial charge is 0.454 e. The number of benzene rings is 2. The molecule has 1 amide bonds. The van der Waals surface area contributed by atoms with Gasteiger partial charge in [-0.2, -0.15) is 0 Å². The molecule has 0 saturated carbocycles. The summed E-state index contributed by atoms with van der Waals surface area (Å²) in [6.45, 7) is 0.202. The van der Waals surface area contributed by atoms with E-state index in [9.17, 15) is 4.79 Å². The fourth-order valence-corrected chi connectivity index (χ4v) is 4.01. The lowest BCUT2D eigenvalue weighted by atomic mass is 10.2. The minimum atomic E-state index is -0.255. The van der Waals surface area contributed by atoms with Gasteiger partial charge in [-0.25, -0.2) is 4.98 Å². The molecule has 134 valence electrons. The molecule has 0 bridgehead atoms. The number of nitrogens with one attached hydrogen (secondary N) is 1. The number of thiazole rings is 1. The molecule has 1 aliphatic rings. The fourth-order valence-electron chi connectivity index (χ4n) is 3.16. The van der Waals surface area contributed by atoms with Gasteiger partial charge in [0.2, 0.25) is 6.79 Å². The fraction of sp³-hybridized carbons (Fsp3) is 0.100. The van der Waals surface area contributed by atoms with Gasteiger partial charge in [0.25, 0.3) is 5.91 Å². The zero-order valence-corrected chi connectivity index (χ0v) is 15.2. The van der Waals surface area contributed by atoms with Crippen LogP contribution in [0.5, 0.6) is 11.5 Å². The van der Waals surface area contributed by atoms with Crippen LogP contribution in [0.1, 0.15) is 10.5 Å². The van der Waals surface area contributed by atoms with Crippen LogP contribution in [0, 0.1) is 0 Å². The minimum Gasteiger partial charge on any atom is -0.454 e. The molecule has 2 aromatic carbocycles. The van der Waals surface area contributed by atoms with E-state index in [-0.39, 0.29) is 12.7 Å². The topological polar surface area (TPSA) is 65.4 Å². The number of para-hydroxylation sites is 1. The maximum absolute atomic E-state index is 12.6. The van der Waals surface area contributed by atoms with E-state index in [1.54, 1.807) is 23.6 Å². The van der Waals surface area contributed by atoms with Gasteiger partial charge in [-0.15, -0.1) is 11.3 Å². The first-order chi connectivity index (χ1) is 13.2. The van der Waals surface area contributed by atoms with Crippen molar-refractivity contribution < 1.29 is 14.3 Å². The molecule has 0 spiro atoms.